The van der Waals surface area contributed by atoms with Crippen LogP contribution in [0.25, 0.3) is 21.3 Å². The summed E-state index contributed by atoms with van der Waals surface area (Å²) in [7, 11) is 1.30. The Bertz CT molecular complexity index is 1380. The molecule has 2 aromatic heterocycles. The van der Waals surface area contributed by atoms with Crippen LogP contribution in [0, 0.1) is 17.0 Å². The van der Waals surface area contributed by atoms with Gasteiger partial charge in [-0.1, -0.05) is 30.3 Å². The Labute approximate surface area is 179 Å². The minimum Gasteiger partial charge on any atom is -0.490 e. The van der Waals surface area contributed by atoms with Crippen LogP contribution >= 0.6 is 11.3 Å². The van der Waals surface area contributed by atoms with E-state index in [0.29, 0.717) is 10.2 Å². The van der Waals surface area contributed by atoms with Gasteiger partial charge in [0.05, 0.1) is 17.4 Å². The van der Waals surface area contributed by atoms with Gasteiger partial charge >= 0.3 is 5.69 Å². The van der Waals surface area contributed by atoms with Crippen molar-refractivity contribution in [3.8, 4) is 16.9 Å². The number of aromatic nitrogens is 2. The number of methoxy groups -OCH3 is 1. The molecule has 0 atom stereocenters. The maximum atomic E-state index is 13.2. The number of nitro benzene ring substituents is 1. The minimum absolute atomic E-state index is 0.00396. The van der Waals surface area contributed by atoms with Crippen LogP contribution in [-0.2, 0) is 0 Å². The quantitative estimate of drug-likeness (QED) is 0.376. The number of ether oxygens (including phenoxy) is 1. The molecule has 4 rings (SSSR count). The highest BCUT2D eigenvalue weighted by Gasteiger charge is 2.20. The van der Waals surface area contributed by atoms with Crippen LogP contribution in [0.1, 0.15) is 15.2 Å². The fourth-order valence-corrected chi connectivity index (χ4v) is 4.29. The lowest BCUT2D eigenvalue weighted by atomic mass is 10.0. The Morgan fingerprint density at radius 1 is 1.23 bits per heavy atom. The second-order valence-electron chi connectivity index (χ2n) is 6.58. The number of hydrogen-bond donors (Lipinski definition) is 1. The van der Waals surface area contributed by atoms with E-state index >= 15 is 0 Å². The topological polar surface area (TPSA) is 116 Å². The Morgan fingerprint density at radius 3 is 2.65 bits per heavy atom. The molecule has 10 heteroatoms. The van der Waals surface area contributed by atoms with Crippen molar-refractivity contribution in [1.29, 1.82) is 0 Å². The number of nitrogens with zero attached hydrogens (tertiary/aromatic N) is 3. The third kappa shape index (κ3) is 3.64. The maximum Gasteiger partial charge on any atom is 0.311 e. The van der Waals surface area contributed by atoms with Crippen LogP contribution in [0.5, 0.6) is 5.75 Å². The molecular formula is C21H16N4O5S. The molecule has 4 aromatic rings. The zero-order chi connectivity index (χ0) is 22.1. The lowest BCUT2D eigenvalue weighted by Crippen LogP contribution is -2.33. The molecule has 2 heterocycles. The largest absolute Gasteiger partial charge is 0.490 e. The minimum atomic E-state index is -0.692. The van der Waals surface area contributed by atoms with Gasteiger partial charge in [-0.15, -0.1) is 11.3 Å². The number of amides is 1. The fraction of sp³-hybridized carbons (Fsp3) is 0.0952. The molecule has 1 N–H and O–H groups in total. The number of thiophene rings is 1. The standard InChI is InChI=1S/C21H16N4O5S/c1-12-17(13-6-4-3-5-7-13)18-20(31-12)22-11-24(21(18)27)23-19(26)14-8-9-16(30-2)15(10-14)25(28)29/h3-11H,1-2H3,(H,23,26). The Hall–Kier alpha value is -4.05. The first kappa shape index (κ1) is 20.2. The van der Waals surface area contributed by atoms with Gasteiger partial charge in [0.1, 0.15) is 11.2 Å². The second kappa shape index (κ2) is 8.00. The highest BCUT2D eigenvalue weighted by Crippen LogP contribution is 2.35. The van der Waals surface area contributed by atoms with Crippen molar-refractivity contribution in [2.45, 2.75) is 6.92 Å². The molecule has 0 unspecified atom stereocenters. The molecule has 0 fully saturated rings. The number of nitro groups is 1. The number of benzene rings is 2. The normalized spacial score (nSPS) is 10.8. The van der Waals surface area contributed by atoms with Crippen LogP contribution in [0.3, 0.4) is 0 Å². The van der Waals surface area contributed by atoms with E-state index in [1.807, 2.05) is 37.3 Å². The van der Waals surface area contributed by atoms with E-state index in [0.717, 1.165) is 26.7 Å². The molecule has 0 aliphatic rings. The van der Waals surface area contributed by atoms with Crippen LogP contribution < -0.4 is 15.7 Å². The number of carbonyl (C=O) groups excluding carboxylic acids is 1. The van der Waals surface area contributed by atoms with E-state index in [4.69, 9.17) is 4.74 Å². The molecular weight excluding hydrogens is 420 g/mol. The number of rotatable bonds is 5. The van der Waals surface area contributed by atoms with E-state index in [-0.39, 0.29) is 17.0 Å². The number of carbonyl (C=O) groups is 1. The predicted molar refractivity (Wildman–Crippen MR) is 117 cm³/mol. The zero-order valence-corrected chi connectivity index (χ0v) is 17.3. The molecule has 0 radical (unpaired) electrons. The Kier molecular flexibility index (Phi) is 5.22. The maximum absolute atomic E-state index is 13.2. The lowest BCUT2D eigenvalue weighted by Gasteiger charge is -2.09. The molecule has 0 saturated heterocycles. The molecule has 2 aromatic carbocycles. The van der Waals surface area contributed by atoms with Gasteiger partial charge in [0, 0.05) is 22.1 Å². The van der Waals surface area contributed by atoms with E-state index in [1.54, 1.807) is 0 Å². The molecule has 31 heavy (non-hydrogen) atoms. The van der Waals surface area contributed by atoms with Crippen molar-refractivity contribution >= 4 is 33.1 Å². The van der Waals surface area contributed by atoms with Crippen molar-refractivity contribution < 1.29 is 14.5 Å². The van der Waals surface area contributed by atoms with Gasteiger partial charge < -0.3 is 4.74 Å². The Morgan fingerprint density at radius 2 is 1.97 bits per heavy atom. The molecule has 1 amide bonds. The molecule has 156 valence electrons. The first-order valence-corrected chi connectivity index (χ1v) is 9.92. The van der Waals surface area contributed by atoms with Crippen LogP contribution in [-0.4, -0.2) is 27.6 Å². The number of hydrogen-bond acceptors (Lipinski definition) is 7. The highest BCUT2D eigenvalue weighted by atomic mass is 32.1. The average molecular weight is 436 g/mol. The molecule has 9 nitrogen and oxygen atoms in total. The SMILES string of the molecule is COc1ccc(C(=O)Nn2cnc3sc(C)c(-c4ccccc4)c3c2=O)cc1[N+](=O)[O-]. The van der Waals surface area contributed by atoms with Crippen LogP contribution in [0.2, 0.25) is 0 Å². The van der Waals surface area contributed by atoms with Gasteiger partial charge in [0.15, 0.2) is 5.75 Å². The van der Waals surface area contributed by atoms with E-state index in [2.05, 4.69) is 10.4 Å². The van der Waals surface area contributed by atoms with E-state index in [9.17, 15) is 19.7 Å². The summed E-state index contributed by atoms with van der Waals surface area (Å²) in [5.41, 5.74) is 3.31. The fourth-order valence-electron chi connectivity index (χ4n) is 3.28. The van der Waals surface area contributed by atoms with Gasteiger partial charge in [0.2, 0.25) is 0 Å². The summed E-state index contributed by atoms with van der Waals surface area (Å²) < 4.78 is 5.93. The van der Waals surface area contributed by atoms with Crippen molar-refractivity contribution in [1.82, 2.24) is 9.66 Å². The van der Waals surface area contributed by atoms with Gasteiger partial charge in [-0.2, -0.15) is 0 Å². The monoisotopic (exact) mass is 436 g/mol. The number of nitrogens with one attached hydrogen (secondary N) is 1. The van der Waals surface area contributed by atoms with Gasteiger partial charge in [-0.25, -0.2) is 9.66 Å². The third-order valence-corrected chi connectivity index (χ3v) is 5.72. The smallest absolute Gasteiger partial charge is 0.311 e. The second-order valence-corrected chi connectivity index (χ2v) is 7.79. The zero-order valence-electron chi connectivity index (χ0n) is 16.5. The summed E-state index contributed by atoms with van der Waals surface area (Å²) in [6.07, 6.45) is 1.23. The number of aryl methyl sites for hydroxylation is 1. The van der Waals surface area contributed by atoms with Crippen LogP contribution in [0.15, 0.2) is 59.7 Å². The van der Waals surface area contributed by atoms with Crippen molar-refractivity contribution in [3.05, 3.63) is 85.8 Å². The van der Waals surface area contributed by atoms with E-state index < -0.39 is 16.4 Å². The van der Waals surface area contributed by atoms with Gasteiger partial charge in [-0.3, -0.25) is 25.1 Å². The average Bonchev–Trinajstić information content (AvgIpc) is 3.12. The third-order valence-electron chi connectivity index (χ3n) is 4.71. The first-order chi connectivity index (χ1) is 14.9. The Balaban J connectivity index is 1.75. The van der Waals surface area contributed by atoms with Gasteiger partial charge in [-0.05, 0) is 24.6 Å². The summed E-state index contributed by atoms with van der Waals surface area (Å²) >= 11 is 1.39. The summed E-state index contributed by atoms with van der Waals surface area (Å²) in [5, 5.41) is 11.6. The molecule has 0 bridgehead atoms. The summed E-state index contributed by atoms with van der Waals surface area (Å²) in [6, 6.07) is 13.3. The molecule has 0 spiro atoms. The number of fused-ring (bicyclic) bond motifs is 1. The van der Waals surface area contributed by atoms with Crippen LogP contribution in [0.4, 0.5) is 5.69 Å². The van der Waals surface area contributed by atoms with Gasteiger partial charge in [0.25, 0.3) is 11.5 Å². The van der Waals surface area contributed by atoms with Crippen molar-refractivity contribution in [3.63, 3.8) is 0 Å². The highest BCUT2D eigenvalue weighted by molar-refractivity contribution is 7.19. The summed E-state index contributed by atoms with van der Waals surface area (Å²) in [5.74, 6) is -0.662. The first-order valence-electron chi connectivity index (χ1n) is 9.10. The predicted octanol–water partition coefficient (Wildman–Crippen LogP) is 3.73. The lowest BCUT2D eigenvalue weighted by molar-refractivity contribution is -0.385. The van der Waals surface area contributed by atoms with Crippen molar-refractivity contribution in [2.75, 3.05) is 12.5 Å². The summed E-state index contributed by atoms with van der Waals surface area (Å²) in [4.78, 5) is 42.2. The molecule has 0 saturated carbocycles. The van der Waals surface area contributed by atoms with Crippen molar-refractivity contribution in [2.24, 2.45) is 0 Å². The molecule has 0 aliphatic heterocycles. The van der Waals surface area contributed by atoms with E-state index in [1.165, 1.54) is 36.9 Å². The molecule has 0 aliphatic carbocycles. The summed E-state index contributed by atoms with van der Waals surface area (Å²) in [6.45, 7) is 1.91.